The van der Waals surface area contributed by atoms with E-state index in [0.29, 0.717) is 16.6 Å². The van der Waals surface area contributed by atoms with Gasteiger partial charge < -0.3 is 20.3 Å². The number of benzene rings is 2. The van der Waals surface area contributed by atoms with Gasteiger partial charge in [0.15, 0.2) is 11.6 Å². The molecule has 0 saturated heterocycles. The Morgan fingerprint density at radius 2 is 2.00 bits per heavy atom. The highest BCUT2D eigenvalue weighted by Gasteiger charge is 2.35. The molecule has 2 aromatic carbocycles. The van der Waals surface area contributed by atoms with Crippen LogP contribution in [-0.4, -0.2) is 35.8 Å². The lowest BCUT2D eigenvalue weighted by atomic mass is 10.0. The van der Waals surface area contributed by atoms with Gasteiger partial charge in [-0.3, -0.25) is 9.59 Å². The first-order chi connectivity index (χ1) is 17.9. The Hall–Kier alpha value is -4.35. The maximum absolute atomic E-state index is 14.2. The molecule has 5 aromatic rings. The zero-order chi connectivity index (χ0) is 25.7. The zero-order valence-electron chi connectivity index (χ0n) is 18.8. The maximum Gasteiger partial charge on any atom is 0.277 e. The summed E-state index contributed by atoms with van der Waals surface area (Å²) in [5, 5.41) is 16.5. The van der Waals surface area contributed by atoms with Crippen molar-refractivity contribution in [2.75, 3.05) is 5.32 Å². The van der Waals surface area contributed by atoms with Gasteiger partial charge in [-0.2, -0.15) is 4.37 Å². The number of hydrogen-bond acceptors (Lipinski definition) is 7. The highest BCUT2D eigenvalue weighted by Crippen LogP contribution is 2.38. The van der Waals surface area contributed by atoms with Crippen molar-refractivity contribution in [3.05, 3.63) is 88.5 Å². The average molecular weight is 535 g/mol. The summed E-state index contributed by atoms with van der Waals surface area (Å²) in [5.74, 6) is -1.31. The van der Waals surface area contributed by atoms with Gasteiger partial charge in [-0.05, 0) is 41.9 Å². The molecule has 1 unspecified atom stereocenters. The summed E-state index contributed by atoms with van der Waals surface area (Å²) < 4.78 is 20.9. The fraction of sp³-hybridized carbons (Fsp3) is 0.0800. The third kappa shape index (κ3) is 4.07. The fourth-order valence-corrected chi connectivity index (χ4v) is 5.35. The van der Waals surface area contributed by atoms with E-state index in [2.05, 4.69) is 25.0 Å². The lowest BCUT2D eigenvalue weighted by molar-refractivity contribution is -0.123. The molecule has 1 atom stereocenters. The van der Waals surface area contributed by atoms with Gasteiger partial charge in [0, 0.05) is 22.0 Å². The number of pyridine rings is 1. The number of carbonyl (C=O) groups excluding carboxylic acids is 2. The van der Waals surface area contributed by atoms with Crippen LogP contribution in [0.1, 0.15) is 27.8 Å². The molecule has 12 heteroatoms. The minimum absolute atomic E-state index is 0.118. The molecule has 0 aliphatic carbocycles. The van der Waals surface area contributed by atoms with E-state index in [4.69, 9.17) is 11.6 Å². The molecule has 37 heavy (non-hydrogen) atoms. The summed E-state index contributed by atoms with van der Waals surface area (Å²) in [5.41, 5.74) is 1.17. The molecule has 3 N–H and O–H groups in total. The van der Waals surface area contributed by atoms with Crippen molar-refractivity contribution in [3.8, 4) is 17.4 Å². The first kappa shape index (κ1) is 23.1. The Labute approximate surface area is 217 Å². The molecule has 0 saturated carbocycles. The number of amides is 2. The van der Waals surface area contributed by atoms with Crippen LogP contribution in [0.25, 0.3) is 21.6 Å². The standard InChI is InChI=1S/C25H16ClFN6O3S/c26-15-9-8-12(27)10-14(15)20-22-23(31-25(36)21-13-4-1-2-6-17(13)37-32-21)30-24(33(22)11-19(35)29-20)16-5-3-7-18(34)28-16/h1-10,20H,11H2,(H,28,34)(H,29,35)(H,31,36). The van der Waals surface area contributed by atoms with Crippen molar-refractivity contribution in [2.45, 2.75) is 12.6 Å². The Morgan fingerprint density at radius 1 is 1.16 bits per heavy atom. The molecule has 9 nitrogen and oxygen atoms in total. The van der Waals surface area contributed by atoms with Gasteiger partial charge in [0.05, 0.1) is 16.4 Å². The Balaban J connectivity index is 1.53. The number of carbonyl (C=O) groups is 2. The molecule has 0 radical (unpaired) electrons. The molecule has 4 heterocycles. The van der Waals surface area contributed by atoms with E-state index in [0.717, 1.165) is 4.70 Å². The first-order valence-corrected chi connectivity index (χ1v) is 12.2. The van der Waals surface area contributed by atoms with E-state index in [9.17, 15) is 19.1 Å². The topological polar surface area (TPSA) is 122 Å². The van der Waals surface area contributed by atoms with Crippen molar-refractivity contribution in [2.24, 2.45) is 0 Å². The van der Waals surface area contributed by atoms with Crippen molar-refractivity contribution in [3.63, 3.8) is 0 Å². The van der Waals surface area contributed by atoms with Gasteiger partial charge in [-0.15, -0.1) is 0 Å². The van der Waals surface area contributed by atoms with Crippen LogP contribution >= 0.6 is 23.1 Å². The maximum atomic E-state index is 14.2. The minimum atomic E-state index is -0.925. The molecule has 3 aromatic heterocycles. The van der Waals surface area contributed by atoms with Crippen molar-refractivity contribution >= 4 is 50.9 Å². The van der Waals surface area contributed by atoms with Crippen LogP contribution in [0, 0.1) is 5.82 Å². The molecular formula is C25H16ClFN6O3S. The van der Waals surface area contributed by atoms with E-state index in [-0.39, 0.29) is 46.4 Å². The van der Waals surface area contributed by atoms with Crippen LogP contribution in [0.5, 0.6) is 5.88 Å². The van der Waals surface area contributed by atoms with Crippen LogP contribution in [0.4, 0.5) is 10.2 Å². The van der Waals surface area contributed by atoms with Crippen LogP contribution in [0.2, 0.25) is 5.02 Å². The Bertz CT molecular complexity index is 1720. The van der Waals surface area contributed by atoms with Gasteiger partial charge in [0.1, 0.15) is 23.7 Å². The molecule has 2 amide bonds. The van der Waals surface area contributed by atoms with Crippen molar-refractivity contribution in [1.82, 2.24) is 24.2 Å². The third-order valence-electron chi connectivity index (χ3n) is 5.94. The van der Waals surface area contributed by atoms with Crippen LogP contribution in [0.15, 0.2) is 60.7 Å². The predicted octanol–water partition coefficient (Wildman–Crippen LogP) is 4.52. The largest absolute Gasteiger partial charge is 0.493 e. The lowest BCUT2D eigenvalue weighted by Crippen LogP contribution is -2.39. The first-order valence-electron chi connectivity index (χ1n) is 11.1. The van der Waals surface area contributed by atoms with Gasteiger partial charge in [0.25, 0.3) is 5.91 Å². The van der Waals surface area contributed by atoms with Gasteiger partial charge in [-0.25, -0.2) is 14.4 Å². The number of anilines is 1. The number of imidazole rings is 1. The second-order valence-corrected chi connectivity index (χ2v) is 9.50. The second-order valence-electron chi connectivity index (χ2n) is 8.28. The number of nitrogens with zero attached hydrogens (tertiary/aromatic N) is 4. The summed E-state index contributed by atoms with van der Waals surface area (Å²) in [4.78, 5) is 34.8. The summed E-state index contributed by atoms with van der Waals surface area (Å²) in [6, 6.07) is 14.9. The van der Waals surface area contributed by atoms with Gasteiger partial charge in [-0.1, -0.05) is 35.9 Å². The number of rotatable bonds is 4. The molecule has 0 fully saturated rings. The van der Waals surface area contributed by atoms with Crippen molar-refractivity contribution in [1.29, 1.82) is 0 Å². The minimum Gasteiger partial charge on any atom is -0.493 e. The molecule has 184 valence electrons. The van der Waals surface area contributed by atoms with Gasteiger partial charge >= 0.3 is 0 Å². The van der Waals surface area contributed by atoms with E-state index in [1.807, 2.05) is 18.2 Å². The van der Waals surface area contributed by atoms with Crippen LogP contribution in [-0.2, 0) is 11.3 Å². The van der Waals surface area contributed by atoms with E-state index < -0.39 is 17.8 Å². The molecule has 0 bridgehead atoms. The van der Waals surface area contributed by atoms with E-state index in [1.165, 1.54) is 35.8 Å². The Morgan fingerprint density at radius 3 is 2.84 bits per heavy atom. The highest BCUT2D eigenvalue weighted by atomic mass is 35.5. The zero-order valence-corrected chi connectivity index (χ0v) is 20.3. The number of fused-ring (bicyclic) bond motifs is 2. The highest BCUT2D eigenvalue weighted by molar-refractivity contribution is 7.13. The monoisotopic (exact) mass is 534 g/mol. The lowest BCUT2D eigenvalue weighted by Gasteiger charge is -2.28. The molecule has 6 rings (SSSR count). The number of hydrogen-bond donors (Lipinski definition) is 3. The summed E-state index contributed by atoms with van der Waals surface area (Å²) in [7, 11) is 0. The van der Waals surface area contributed by atoms with Crippen LogP contribution < -0.4 is 10.6 Å². The van der Waals surface area contributed by atoms with E-state index >= 15 is 0 Å². The molecule has 0 spiro atoms. The number of aromatic nitrogens is 4. The van der Waals surface area contributed by atoms with E-state index in [1.54, 1.807) is 22.8 Å². The Kier molecular flexibility index (Phi) is 5.58. The summed E-state index contributed by atoms with van der Waals surface area (Å²) in [6.07, 6.45) is 0. The number of nitrogens with one attached hydrogen (secondary N) is 2. The third-order valence-corrected chi connectivity index (χ3v) is 7.12. The fourth-order valence-electron chi connectivity index (χ4n) is 4.35. The molecular weight excluding hydrogens is 519 g/mol. The second kappa shape index (κ2) is 8.95. The van der Waals surface area contributed by atoms with Crippen LogP contribution in [0.3, 0.4) is 0 Å². The number of halogens is 2. The van der Waals surface area contributed by atoms with Crippen molar-refractivity contribution < 1.29 is 19.1 Å². The SMILES string of the molecule is O=C1Cn2c(-c3cccc(O)n3)nc(NC(=O)c3nsc4ccccc34)c2C(c2cc(F)ccc2Cl)N1. The molecule has 1 aliphatic heterocycles. The summed E-state index contributed by atoms with van der Waals surface area (Å²) >= 11 is 7.60. The summed E-state index contributed by atoms with van der Waals surface area (Å²) in [6.45, 7) is -0.145. The average Bonchev–Trinajstić information content (AvgIpc) is 3.47. The predicted molar refractivity (Wildman–Crippen MR) is 136 cm³/mol. The smallest absolute Gasteiger partial charge is 0.277 e. The van der Waals surface area contributed by atoms with Gasteiger partial charge in [0.2, 0.25) is 11.8 Å². The number of aromatic hydroxyl groups is 1. The quantitative estimate of drug-likeness (QED) is 0.311. The normalized spacial score (nSPS) is 14.9. The molecule has 1 aliphatic rings.